The van der Waals surface area contributed by atoms with Crippen molar-refractivity contribution in [2.24, 2.45) is 11.7 Å². The average Bonchev–Trinajstić information content (AvgIpc) is 2.43. The van der Waals surface area contributed by atoms with Gasteiger partial charge in [0.25, 0.3) is 0 Å². The zero-order valence-corrected chi connectivity index (χ0v) is 10.9. The molecular weight excluding hydrogens is 273 g/mol. The van der Waals surface area contributed by atoms with Crippen LogP contribution in [0.15, 0.2) is 30.3 Å². The fraction of sp³-hybridized carbons (Fsp3) is 0.462. The molecule has 0 bridgehead atoms. The molecule has 0 aliphatic heterocycles. The quantitative estimate of drug-likeness (QED) is 0.761. The predicted octanol–water partition coefficient (Wildman–Crippen LogP) is 1.15. The van der Waals surface area contributed by atoms with E-state index in [1.807, 2.05) is 0 Å². The Morgan fingerprint density at radius 2 is 1.90 bits per heavy atom. The molecule has 1 aromatic rings. The molecule has 112 valence electrons. The van der Waals surface area contributed by atoms with Gasteiger partial charge in [-0.2, -0.15) is 13.2 Å². The van der Waals surface area contributed by atoms with Gasteiger partial charge in [0, 0.05) is 12.5 Å². The minimum Gasteiger partial charge on any atom is -0.375 e. The highest BCUT2D eigenvalue weighted by molar-refractivity contribution is 5.78. The lowest BCUT2D eigenvalue weighted by Gasteiger charge is -2.31. The van der Waals surface area contributed by atoms with Crippen molar-refractivity contribution in [2.45, 2.75) is 18.7 Å². The van der Waals surface area contributed by atoms with E-state index in [0.717, 1.165) is 12.1 Å². The molecule has 0 spiro atoms. The van der Waals surface area contributed by atoms with Crippen LogP contribution in [0.25, 0.3) is 0 Å². The summed E-state index contributed by atoms with van der Waals surface area (Å²) in [5.41, 5.74) is 1.81. The number of carbonyl (C=O) groups is 1. The summed E-state index contributed by atoms with van der Waals surface area (Å²) in [5, 5.41) is 12.0. The summed E-state index contributed by atoms with van der Waals surface area (Å²) in [7, 11) is 0. The largest absolute Gasteiger partial charge is 0.423 e. The molecule has 0 fully saturated rings. The van der Waals surface area contributed by atoms with Crippen LogP contribution in [0.2, 0.25) is 0 Å². The van der Waals surface area contributed by atoms with Gasteiger partial charge in [0.15, 0.2) is 0 Å². The summed E-state index contributed by atoms with van der Waals surface area (Å²) in [6.45, 7) is 0.551. The number of halogens is 3. The number of rotatable bonds is 5. The number of aliphatic hydroxyl groups is 1. The van der Waals surface area contributed by atoms with Crippen LogP contribution in [0.5, 0.6) is 0 Å². The number of alkyl halides is 3. The Morgan fingerprint density at radius 3 is 2.35 bits per heavy atom. The summed E-state index contributed by atoms with van der Waals surface area (Å²) in [4.78, 5) is 11.5. The van der Waals surface area contributed by atoms with Gasteiger partial charge in [-0.05, 0) is 5.56 Å². The molecule has 0 aromatic heterocycles. The maximum Gasteiger partial charge on any atom is 0.423 e. The molecule has 20 heavy (non-hydrogen) atoms. The van der Waals surface area contributed by atoms with Crippen LogP contribution in [-0.4, -0.2) is 30.3 Å². The average molecular weight is 290 g/mol. The molecule has 0 aliphatic rings. The van der Waals surface area contributed by atoms with Gasteiger partial charge in [0.1, 0.15) is 0 Å². The van der Waals surface area contributed by atoms with E-state index in [-0.39, 0.29) is 12.1 Å². The Kier molecular flexibility index (Phi) is 5.13. The maximum absolute atomic E-state index is 13.1. The normalized spacial score (nSPS) is 16.3. The molecule has 1 amide bonds. The molecule has 0 aliphatic carbocycles. The second kappa shape index (κ2) is 6.23. The molecule has 2 atom stereocenters. The molecule has 0 radical (unpaired) electrons. The molecule has 4 N–H and O–H groups in total. The molecule has 1 aromatic carbocycles. The lowest BCUT2D eigenvalue weighted by molar-refractivity contribution is -0.264. The highest BCUT2D eigenvalue weighted by Crippen LogP contribution is 2.38. The van der Waals surface area contributed by atoms with Gasteiger partial charge in [-0.1, -0.05) is 37.3 Å². The first-order valence-electron chi connectivity index (χ1n) is 6.04. The molecule has 0 saturated carbocycles. The second-order valence-electron chi connectivity index (χ2n) is 4.58. The first-order chi connectivity index (χ1) is 9.22. The molecule has 2 unspecified atom stereocenters. The van der Waals surface area contributed by atoms with Crippen molar-refractivity contribution in [1.82, 2.24) is 5.32 Å². The van der Waals surface area contributed by atoms with E-state index < -0.39 is 30.1 Å². The Morgan fingerprint density at radius 1 is 1.35 bits per heavy atom. The van der Waals surface area contributed by atoms with E-state index in [2.05, 4.69) is 5.32 Å². The van der Waals surface area contributed by atoms with Crippen molar-refractivity contribution in [1.29, 1.82) is 0 Å². The Bertz CT molecular complexity index is 451. The third-order valence-corrected chi connectivity index (χ3v) is 3.04. The molecule has 0 heterocycles. The van der Waals surface area contributed by atoms with Crippen LogP contribution in [-0.2, 0) is 10.4 Å². The van der Waals surface area contributed by atoms with Gasteiger partial charge < -0.3 is 16.2 Å². The van der Waals surface area contributed by atoms with Crippen LogP contribution in [0, 0.1) is 5.92 Å². The summed E-state index contributed by atoms with van der Waals surface area (Å²) in [5.74, 6) is -1.26. The van der Waals surface area contributed by atoms with Crippen molar-refractivity contribution in [3.63, 3.8) is 0 Å². The van der Waals surface area contributed by atoms with Crippen molar-refractivity contribution in [2.75, 3.05) is 13.1 Å². The van der Waals surface area contributed by atoms with Crippen molar-refractivity contribution in [3.05, 3.63) is 35.9 Å². The zero-order chi connectivity index (χ0) is 15.4. The third kappa shape index (κ3) is 3.49. The lowest BCUT2D eigenvalue weighted by Crippen LogP contribution is -2.52. The van der Waals surface area contributed by atoms with Crippen LogP contribution >= 0.6 is 0 Å². The molecule has 0 saturated heterocycles. The van der Waals surface area contributed by atoms with Crippen LogP contribution < -0.4 is 11.1 Å². The third-order valence-electron chi connectivity index (χ3n) is 3.04. The Hall–Kier alpha value is -1.60. The van der Waals surface area contributed by atoms with E-state index in [1.54, 1.807) is 0 Å². The fourth-order valence-corrected chi connectivity index (χ4v) is 1.58. The minimum atomic E-state index is -4.91. The number of nitrogens with one attached hydrogen (secondary N) is 1. The fourth-order valence-electron chi connectivity index (χ4n) is 1.58. The van der Waals surface area contributed by atoms with Gasteiger partial charge in [0.2, 0.25) is 11.5 Å². The highest BCUT2D eigenvalue weighted by atomic mass is 19.4. The van der Waals surface area contributed by atoms with Crippen LogP contribution in [0.1, 0.15) is 12.5 Å². The smallest absolute Gasteiger partial charge is 0.375 e. The SMILES string of the molecule is CC(CN)C(=O)NCC(O)(c1ccccc1)C(F)(F)F. The van der Waals surface area contributed by atoms with E-state index in [4.69, 9.17) is 5.73 Å². The molecule has 7 heteroatoms. The molecule has 1 rings (SSSR count). The van der Waals surface area contributed by atoms with Crippen molar-refractivity contribution < 1.29 is 23.1 Å². The van der Waals surface area contributed by atoms with E-state index in [0.29, 0.717) is 0 Å². The number of nitrogens with two attached hydrogens (primary N) is 1. The second-order valence-corrected chi connectivity index (χ2v) is 4.58. The van der Waals surface area contributed by atoms with Crippen LogP contribution in [0.4, 0.5) is 13.2 Å². The topological polar surface area (TPSA) is 75.4 Å². The Labute approximate surface area is 114 Å². The molecular formula is C13H17F3N2O2. The number of hydrogen-bond acceptors (Lipinski definition) is 3. The van der Waals surface area contributed by atoms with Gasteiger partial charge in [-0.25, -0.2) is 0 Å². The van der Waals surface area contributed by atoms with Gasteiger partial charge in [-0.15, -0.1) is 0 Å². The maximum atomic E-state index is 13.1. The zero-order valence-electron chi connectivity index (χ0n) is 10.9. The minimum absolute atomic E-state index is 0.0155. The number of amides is 1. The van der Waals surface area contributed by atoms with E-state index in [9.17, 15) is 23.1 Å². The first-order valence-corrected chi connectivity index (χ1v) is 6.04. The van der Waals surface area contributed by atoms with Gasteiger partial charge in [0.05, 0.1) is 6.54 Å². The monoisotopic (exact) mass is 290 g/mol. The number of benzene rings is 1. The van der Waals surface area contributed by atoms with Gasteiger partial charge >= 0.3 is 6.18 Å². The summed E-state index contributed by atoms with van der Waals surface area (Å²) < 4.78 is 39.3. The summed E-state index contributed by atoms with van der Waals surface area (Å²) >= 11 is 0. The van der Waals surface area contributed by atoms with Crippen molar-refractivity contribution in [3.8, 4) is 0 Å². The highest BCUT2D eigenvalue weighted by Gasteiger charge is 2.55. The summed E-state index contributed by atoms with van der Waals surface area (Å²) in [6, 6.07) is 6.63. The predicted molar refractivity (Wildman–Crippen MR) is 67.6 cm³/mol. The van der Waals surface area contributed by atoms with Crippen molar-refractivity contribution >= 4 is 5.91 Å². The van der Waals surface area contributed by atoms with E-state index >= 15 is 0 Å². The first kappa shape index (κ1) is 16.5. The van der Waals surface area contributed by atoms with E-state index in [1.165, 1.54) is 25.1 Å². The molecule has 4 nitrogen and oxygen atoms in total. The number of carbonyl (C=O) groups excluding carboxylic acids is 1. The van der Waals surface area contributed by atoms with Crippen LogP contribution in [0.3, 0.4) is 0 Å². The Balaban J connectivity index is 2.95. The van der Waals surface area contributed by atoms with Gasteiger partial charge in [-0.3, -0.25) is 4.79 Å². The number of hydrogen-bond donors (Lipinski definition) is 3. The lowest BCUT2D eigenvalue weighted by atomic mass is 9.92. The standard InChI is InChI=1S/C13H17F3N2O2/c1-9(7-17)11(19)18-8-12(20,13(14,15)16)10-5-3-2-4-6-10/h2-6,9,20H,7-8,17H2,1H3,(H,18,19). The summed E-state index contributed by atoms with van der Waals surface area (Å²) in [6.07, 6.45) is -4.91.